The second kappa shape index (κ2) is 5.34. The highest BCUT2D eigenvalue weighted by molar-refractivity contribution is 7.84. The molecule has 3 rings (SSSR count). The Labute approximate surface area is 123 Å². The lowest BCUT2D eigenvalue weighted by molar-refractivity contribution is 0.677. The van der Waals surface area contributed by atoms with E-state index < -0.39 is 10.8 Å². The number of fused-ring (bicyclic) bond motifs is 1. The van der Waals surface area contributed by atoms with Crippen LogP contribution in [0.15, 0.2) is 41.7 Å². The fourth-order valence-corrected chi connectivity index (χ4v) is 3.00. The Kier molecular flexibility index (Phi) is 3.38. The molecule has 104 valence electrons. The van der Waals surface area contributed by atoms with Crippen molar-refractivity contribution in [1.29, 1.82) is 5.26 Å². The van der Waals surface area contributed by atoms with E-state index in [1.807, 2.05) is 6.07 Å². The van der Waals surface area contributed by atoms with E-state index in [0.29, 0.717) is 16.5 Å². The normalized spacial score (nSPS) is 12.1. The first-order chi connectivity index (χ1) is 10.2. The van der Waals surface area contributed by atoms with Crippen LogP contribution in [0.1, 0.15) is 11.3 Å². The summed E-state index contributed by atoms with van der Waals surface area (Å²) in [5, 5.41) is 9.21. The number of nitriles is 1. The molecule has 21 heavy (non-hydrogen) atoms. The molecule has 0 aliphatic carbocycles. The van der Waals surface area contributed by atoms with Crippen molar-refractivity contribution < 1.29 is 4.21 Å². The maximum Gasteiger partial charge on any atom is 0.197 e. The van der Waals surface area contributed by atoms with Crippen LogP contribution in [-0.4, -0.2) is 19.2 Å². The summed E-state index contributed by atoms with van der Waals surface area (Å²) < 4.78 is 12.4. The van der Waals surface area contributed by atoms with Crippen LogP contribution in [0.4, 0.5) is 5.69 Å². The smallest absolute Gasteiger partial charge is 0.197 e. The molecule has 0 aliphatic heterocycles. The lowest BCUT2D eigenvalue weighted by atomic mass is 10.2. The highest BCUT2D eigenvalue weighted by Gasteiger charge is 2.11. The van der Waals surface area contributed by atoms with Gasteiger partial charge in [0, 0.05) is 11.9 Å². The van der Waals surface area contributed by atoms with Gasteiger partial charge in [0.15, 0.2) is 5.16 Å². The van der Waals surface area contributed by atoms with Gasteiger partial charge in [-0.2, -0.15) is 5.26 Å². The standard InChI is InChI=1S/C14H11N5OS/c15-7-11-5-9(3-4-17-11)8-21(20)14-18-12-2-1-10(16)6-13(12)19-14/h1-6H,8,16H2,(H,18,19). The van der Waals surface area contributed by atoms with Crippen molar-refractivity contribution in [2.45, 2.75) is 10.9 Å². The van der Waals surface area contributed by atoms with Gasteiger partial charge in [-0.3, -0.25) is 4.21 Å². The van der Waals surface area contributed by atoms with Crippen LogP contribution in [0.5, 0.6) is 0 Å². The third kappa shape index (κ3) is 2.75. The number of aromatic nitrogens is 3. The van der Waals surface area contributed by atoms with Gasteiger partial charge in [0.2, 0.25) is 0 Å². The van der Waals surface area contributed by atoms with Gasteiger partial charge in [0.1, 0.15) is 11.8 Å². The number of rotatable bonds is 3. The number of pyridine rings is 1. The van der Waals surface area contributed by atoms with Gasteiger partial charge in [0.05, 0.1) is 27.6 Å². The van der Waals surface area contributed by atoms with E-state index in [2.05, 4.69) is 15.0 Å². The molecule has 0 amide bonds. The maximum absolute atomic E-state index is 12.4. The Hall–Kier alpha value is -2.72. The monoisotopic (exact) mass is 297 g/mol. The minimum atomic E-state index is -1.33. The molecule has 2 heterocycles. The van der Waals surface area contributed by atoms with Gasteiger partial charge in [-0.05, 0) is 35.9 Å². The molecule has 0 bridgehead atoms. The number of benzene rings is 1. The Morgan fingerprint density at radius 2 is 2.19 bits per heavy atom. The first-order valence-corrected chi connectivity index (χ1v) is 7.46. The van der Waals surface area contributed by atoms with E-state index in [0.717, 1.165) is 16.6 Å². The number of nitrogen functional groups attached to an aromatic ring is 1. The van der Waals surface area contributed by atoms with Gasteiger partial charge in [-0.15, -0.1) is 0 Å². The van der Waals surface area contributed by atoms with Crippen molar-refractivity contribution in [2.75, 3.05) is 5.73 Å². The summed E-state index contributed by atoms with van der Waals surface area (Å²) in [5.74, 6) is 0.270. The molecule has 6 nitrogen and oxygen atoms in total. The Morgan fingerprint density at radius 1 is 1.33 bits per heavy atom. The number of H-pyrrole nitrogens is 1. The summed E-state index contributed by atoms with van der Waals surface area (Å²) in [6, 6.07) is 10.6. The van der Waals surface area contributed by atoms with Gasteiger partial charge in [0.25, 0.3) is 0 Å². The molecule has 1 unspecified atom stereocenters. The first-order valence-electron chi connectivity index (χ1n) is 6.14. The Balaban J connectivity index is 1.88. The maximum atomic E-state index is 12.4. The van der Waals surface area contributed by atoms with E-state index in [1.165, 1.54) is 6.20 Å². The number of hydrogen-bond donors (Lipinski definition) is 2. The first kappa shape index (κ1) is 13.3. The summed E-state index contributed by atoms with van der Waals surface area (Å²) >= 11 is 0. The summed E-state index contributed by atoms with van der Waals surface area (Å²) in [6.07, 6.45) is 1.53. The molecular formula is C14H11N5OS. The zero-order valence-corrected chi connectivity index (χ0v) is 11.7. The van der Waals surface area contributed by atoms with Gasteiger partial charge >= 0.3 is 0 Å². The zero-order valence-electron chi connectivity index (χ0n) is 10.9. The molecule has 3 aromatic rings. The zero-order chi connectivity index (χ0) is 14.8. The van der Waals surface area contributed by atoms with Crippen LogP contribution in [-0.2, 0) is 16.6 Å². The molecular weight excluding hydrogens is 286 g/mol. The second-order valence-corrected chi connectivity index (χ2v) is 5.84. The average molecular weight is 297 g/mol. The molecule has 1 atom stereocenters. The Morgan fingerprint density at radius 3 is 3.00 bits per heavy atom. The van der Waals surface area contributed by atoms with E-state index in [1.54, 1.807) is 30.3 Å². The van der Waals surface area contributed by atoms with Crippen molar-refractivity contribution in [3.63, 3.8) is 0 Å². The molecule has 0 radical (unpaired) electrons. The van der Waals surface area contributed by atoms with Crippen LogP contribution >= 0.6 is 0 Å². The van der Waals surface area contributed by atoms with Crippen molar-refractivity contribution in [3.8, 4) is 6.07 Å². The third-order valence-electron chi connectivity index (χ3n) is 2.94. The van der Waals surface area contributed by atoms with Crippen molar-refractivity contribution in [3.05, 3.63) is 47.8 Å². The lowest BCUT2D eigenvalue weighted by Crippen LogP contribution is -1.99. The summed E-state index contributed by atoms with van der Waals surface area (Å²) in [4.78, 5) is 11.2. The predicted molar refractivity (Wildman–Crippen MR) is 79.6 cm³/mol. The minimum Gasteiger partial charge on any atom is -0.399 e. The number of anilines is 1. The number of hydrogen-bond acceptors (Lipinski definition) is 5. The minimum absolute atomic E-state index is 0.270. The predicted octanol–water partition coefficient (Wildman–Crippen LogP) is 1.72. The molecule has 3 N–H and O–H groups in total. The highest BCUT2D eigenvalue weighted by Crippen LogP contribution is 2.18. The quantitative estimate of drug-likeness (QED) is 0.715. The van der Waals surface area contributed by atoms with Crippen LogP contribution in [0.25, 0.3) is 11.0 Å². The van der Waals surface area contributed by atoms with Gasteiger partial charge < -0.3 is 10.7 Å². The third-order valence-corrected chi connectivity index (χ3v) is 4.16. The molecule has 2 aromatic heterocycles. The lowest BCUT2D eigenvalue weighted by Gasteiger charge is -1.99. The summed E-state index contributed by atoms with van der Waals surface area (Å²) in [7, 11) is -1.33. The summed E-state index contributed by atoms with van der Waals surface area (Å²) in [6.45, 7) is 0. The molecule has 0 saturated heterocycles. The van der Waals surface area contributed by atoms with Crippen molar-refractivity contribution >= 4 is 27.5 Å². The van der Waals surface area contributed by atoms with Gasteiger partial charge in [-0.1, -0.05) is 0 Å². The van der Waals surface area contributed by atoms with Crippen LogP contribution in [0.3, 0.4) is 0 Å². The van der Waals surface area contributed by atoms with Crippen LogP contribution in [0.2, 0.25) is 0 Å². The highest BCUT2D eigenvalue weighted by atomic mass is 32.2. The molecule has 0 spiro atoms. The topological polar surface area (TPSA) is 108 Å². The van der Waals surface area contributed by atoms with Crippen molar-refractivity contribution in [1.82, 2.24) is 15.0 Å². The number of aromatic amines is 1. The molecule has 7 heteroatoms. The Bertz CT molecular complexity index is 880. The molecule has 0 fully saturated rings. The number of imidazole rings is 1. The van der Waals surface area contributed by atoms with E-state index >= 15 is 0 Å². The number of nitrogens with one attached hydrogen (secondary N) is 1. The largest absolute Gasteiger partial charge is 0.399 e. The molecule has 1 aromatic carbocycles. The number of nitrogens with zero attached hydrogens (tertiary/aromatic N) is 3. The molecule has 0 saturated carbocycles. The fourth-order valence-electron chi connectivity index (χ4n) is 1.96. The van der Waals surface area contributed by atoms with Crippen LogP contribution < -0.4 is 5.73 Å². The SMILES string of the molecule is N#Cc1cc(CS(=O)c2nc3ccc(N)cc3[nH]2)ccn1. The van der Waals surface area contributed by atoms with E-state index in [9.17, 15) is 4.21 Å². The van der Waals surface area contributed by atoms with Gasteiger partial charge in [-0.25, -0.2) is 9.97 Å². The average Bonchev–Trinajstić information content (AvgIpc) is 2.90. The van der Waals surface area contributed by atoms with E-state index in [-0.39, 0.29) is 5.75 Å². The van der Waals surface area contributed by atoms with Crippen molar-refractivity contribution in [2.24, 2.45) is 0 Å². The van der Waals surface area contributed by atoms with E-state index in [4.69, 9.17) is 11.0 Å². The summed E-state index contributed by atoms with van der Waals surface area (Å²) in [5.41, 5.74) is 8.89. The fraction of sp³-hybridized carbons (Fsp3) is 0.0714. The molecule has 0 aliphatic rings. The second-order valence-electron chi connectivity index (χ2n) is 4.47. The number of nitrogens with two attached hydrogens (primary N) is 1. The van der Waals surface area contributed by atoms with Crippen LogP contribution in [0, 0.1) is 11.3 Å².